The molecule has 3 N–H and O–H groups in total. The first-order chi connectivity index (χ1) is 6.76. The van der Waals surface area contributed by atoms with E-state index in [1.165, 1.54) is 0 Å². The molecule has 0 aromatic rings. The van der Waals surface area contributed by atoms with Crippen molar-refractivity contribution in [2.45, 2.75) is 46.3 Å². The molecule has 1 atom stereocenters. The van der Waals surface area contributed by atoms with Gasteiger partial charge in [-0.2, -0.15) is 0 Å². The minimum atomic E-state index is -0.502. The van der Waals surface area contributed by atoms with Gasteiger partial charge in [0.05, 0.1) is 0 Å². The first-order valence-corrected chi connectivity index (χ1v) is 5.12. The van der Waals surface area contributed by atoms with Crippen LogP contribution >= 0.6 is 0 Å². The topological polar surface area (TPSA) is 70.6 Å². The summed E-state index contributed by atoms with van der Waals surface area (Å²) >= 11 is 0. The zero-order valence-corrected chi connectivity index (χ0v) is 10.1. The summed E-state index contributed by atoms with van der Waals surface area (Å²) in [4.78, 5) is 11.4. The van der Waals surface area contributed by atoms with Gasteiger partial charge in [0.15, 0.2) is 0 Å². The van der Waals surface area contributed by atoms with Gasteiger partial charge >= 0.3 is 6.09 Å². The number of alkyl carbamates (subject to hydrolysis) is 1. The third-order valence-electron chi connectivity index (χ3n) is 1.82. The fourth-order valence-corrected chi connectivity index (χ4v) is 1.01. The van der Waals surface area contributed by atoms with E-state index in [0.29, 0.717) is 6.54 Å². The largest absolute Gasteiger partial charge is 0.444 e. The second-order valence-electron chi connectivity index (χ2n) is 4.86. The van der Waals surface area contributed by atoms with Crippen molar-refractivity contribution in [3.05, 3.63) is 0 Å². The molecule has 0 rings (SSSR count). The molecule has 1 amide bonds. The Morgan fingerprint density at radius 1 is 1.40 bits per heavy atom. The maximum absolute atomic E-state index is 11.4. The third-order valence-corrected chi connectivity index (χ3v) is 1.82. The van der Waals surface area contributed by atoms with E-state index in [-0.39, 0.29) is 12.0 Å². The van der Waals surface area contributed by atoms with Crippen LogP contribution in [-0.2, 0) is 4.74 Å². The van der Waals surface area contributed by atoms with Crippen LogP contribution in [0.4, 0.5) is 4.79 Å². The number of carbonyl (C=O) groups excluding carboxylic acids is 1. The lowest BCUT2D eigenvalue weighted by molar-refractivity contribution is 0.0471. The lowest BCUT2D eigenvalue weighted by Crippen LogP contribution is -2.46. The predicted octanol–water partition coefficient (Wildman–Crippen LogP) is 1.51. The van der Waals surface area contributed by atoms with Gasteiger partial charge in [-0.15, -0.1) is 0 Å². The van der Waals surface area contributed by atoms with Gasteiger partial charge in [0, 0.05) is 12.6 Å². The SMILES string of the molecule is CC(C)C(CNO)NC(=O)OC(C)(C)C. The third kappa shape index (κ3) is 7.16. The van der Waals surface area contributed by atoms with Crippen molar-refractivity contribution in [2.24, 2.45) is 5.92 Å². The Kier molecular flexibility index (Phi) is 5.60. The quantitative estimate of drug-likeness (QED) is 0.626. The summed E-state index contributed by atoms with van der Waals surface area (Å²) in [6.45, 7) is 9.64. The molecule has 90 valence electrons. The van der Waals surface area contributed by atoms with Gasteiger partial charge in [-0.1, -0.05) is 13.8 Å². The maximum atomic E-state index is 11.4. The molecular formula is C10H22N2O3. The number of hydrogen-bond donors (Lipinski definition) is 3. The van der Waals surface area contributed by atoms with Crippen LogP contribution in [0.5, 0.6) is 0 Å². The van der Waals surface area contributed by atoms with Gasteiger partial charge in [-0.3, -0.25) is 0 Å². The Bertz CT molecular complexity index is 199. The Balaban J connectivity index is 4.11. The second kappa shape index (κ2) is 5.92. The number of hydroxylamine groups is 1. The minimum Gasteiger partial charge on any atom is -0.444 e. The molecule has 5 nitrogen and oxygen atoms in total. The predicted molar refractivity (Wildman–Crippen MR) is 57.8 cm³/mol. The summed E-state index contributed by atoms with van der Waals surface area (Å²) in [5.41, 5.74) is 1.55. The van der Waals surface area contributed by atoms with Gasteiger partial charge in [0.25, 0.3) is 0 Å². The number of amides is 1. The van der Waals surface area contributed by atoms with Crippen molar-refractivity contribution in [1.82, 2.24) is 10.8 Å². The van der Waals surface area contributed by atoms with Gasteiger partial charge in [0.1, 0.15) is 5.60 Å². The maximum Gasteiger partial charge on any atom is 0.407 e. The molecule has 15 heavy (non-hydrogen) atoms. The molecule has 0 fully saturated rings. The van der Waals surface area contributed by atoms with Gasteiger partial charge in [-0.05, 0) is 26.7 Å². The number of ether oxygens (including phenoxy) is 1. The van der Waals surface area contributed by atoms with Crippen LogP contribution in [0.1, 0.15) is 34.6 Å². The molecule has 0 aliphatic heterocycles. The molecule has 0 saturated heterocycles. The average molecular weight is 218 g/mol. The number of rotatable bonds is 4. The molecule has 1 unspecified atom stereocenters. The van der Waals surface area contributed by atoms with E-state index >= 15 is 0 Å². The number of hydrogen-bond acceptors (Lipinski definition) is 4. The highest BCUT2D eigenvalue weighted by Gasteiger charge is 2.20. The van der Waals surface area contributed by atoms with E-state index in [2.05, 4.69) is 5.32 Å². The summed E-state index contributed by atoms with van der Waals surface area (Å²) in [6.07, 6.45) is -0.462. The fourth-order valence-electron chi connectivity index (χ4n) is 1.01. The van der Waals surface area contributed by atoms with Crippen LogP contribution in [0.2, 0.25) is 0 Å². The molecule has 0 saturated carbocycles. The second-order valence-corrected chi connectivity index (χ2v) is 4.86. The molecule has 5 heteroatoms. The minimum absolute atomic E-state index is 0.148. The summed E-state index contributed by atoms with van der Waals surface area (Å²) < 4.78 is 5.11. The van der Waals surface area contributed by atoms with Crippen molar-refractivity contribution < 1.29 is 14.7 Å². The summed E-state index contributed by atoms with van der Waals surface area (Å²) in [5, 5.41) is 11.3. The number of carbonyl (C=O) groups is 1. The van der Waals surface area contributed by atoms with Crippen molar-refractivity contribution in [2.75, 3.05) is 6.54 Å². The zero-order chi connectivity index (χ0) is 12.1. The highest BCUT2D eigenvalue weighted by molar-refractivity contribution is 5.68. The van der Waals surface area contributed by atoms with Crippen LogP contribution < -0.4 is 10.8 Å². The summed E-state index contributed by atoms with van der Waals surface area (Å²) in [5.74, 6) is 0.220. The summed E-state index contributed by atoms with van der Waals surface area (Å²) in [6, 6.07) is -0.148. The lowest BCUT2D eigenvalue weighted by Gasteiger charge is -2.25. The Morgan fingerprint density at radius 3 is 2.27 bits per heavy atom. The molecular weight excluding hydrogens is 196 g/mol. The van der Waals surface area contributed by atoms with E-state index in [4.69, 9.17) is 9.94 Å². The first kappa shape index (κ1) is 14.2. The van der Waals surface area contributed by atoms with Crippen molar-refractivity contribution in [1.29, 1.82) is 0 Å². The van der Waals surface area contributed by atoms with Crippen molar-refractivity contribution in [3.63, 3.8) is 0 Å². The average Bonchev–Trinajstić information content (AvgIpc) is 1.99. The van der Waals surface area contributed by atoms with Crippen LogP contribution in [0.3, 0.4) is 0 Å². The van der Waals surface area contributed by atoms with E-state index in [1.807, 2.05) is 19.3 Å². The van der Waals surface area contributed by atoms with Gasteiger partial charge < -0.3 is 15.3 Å². The Morgan fingerprint density at radius 2 is 1.93 bits per heavy atom. The molecule has 0 aliphatic rings. The monoisotopic (exact) mass is 218 g/mol. The Labute approximate surface area is 91.1 Å². The molecule has 0 radical (unpaired) electrons. The standard InChI is InChI=1S/C10H22N2O3/c1-7(2)8(6-11-14)12-9(13)15-10(3,4)5/h7-8,11,14H,6H2,1-5H3,(H,12,13). The molecule has 0 aliphatic carbocycles. The van der Waals surface area contributed by atoms with Gasteiger partial charge in [0.2, 0.25) is 0 Å². The normalized spacial score (nSPS) is 13.8. The lowest BCUT2D eigenvalue weighted by atomic mass is 10.1. The van der Waals surface area contributed by atoms with E-state index in [1.54, 1.807) is 20.8 Å². The molecule has 0 aromatic heterocycles. The van der Waals surface area contributed by atoms with Crippen LogP contribution in [0.15, 0.2) is 0 Å². The molecule has 0 spiro atoms. The van der Waals surface area contributed by atoms with Crippen molar-refractivity contribution >= 4 is 6.09 Å². The zero-order valence-electron chi connectivity index (χ0n) is 10.1. The van der Waals surface area contributed by atoms with E-state index in [0.717, 1.165) is 0 Å². The van der Waals surface area contributed by atoms with Crippen LogP contribution in [0, 0.1) is 5.92 Å². The van der Waals surface area contributed by atoms with Crippen molar-refractivity contribution in [3.8, 4) is 0 Å². The van der Waals surface area contributed by atoms with Crippen LogP contribution in [0.25, 0.3) is 0 Å². The van der Waals surface area contributed by atoms with Gasteiger partial charge in [-0.25, -0.2) is 10.3 Å². The fraction of sp³-hybridized carbons (Fsp3) is 0.900. The van der Waals surface area contributed by atoms with Crippen LogP contribution in [-0.4, -0.2) is 29.5 Å². The first-order valence-electron chi connectivity index (χ1n) is 5.12. The molecule has 0 bridgehead atoms. The number of nitrogens with one attached hydrogen (secondary N) is 2. The highest BCUT2D eigenvalue weighted by Crippen LogP contribution is 2.08. The molecule has 0 heterocycles. The molecule has 0 aromatic carbocycles. The van der Waals surface area contributed by atoms with E-state index in [9.17, 15) is 4.79 Å². The Hall–Kier alpha value is -0.810. The highest BCUT2D eigenvalue weighted by atomic mass is 16.6. The summed E-state index contributed by atoms with van der Waals surface area (Å²) in [7, 11) is 0. The smallest absolute Gasteiger partial charge is 0.407 e. The van der Waals surface area contributed by atoms with E-state index < -0.39 is 11.7 Å².